The van der Waals surface area contributed by atoms with Crippen LogP contribution in [0.1, 0.15) is 19.4 Å². The summed E-state index contributed by atoms with van der Waals surface area (Å²) in [6.07, 6.45) is 2.42. The molecule has 1 aromatic rings. The molecule has 0 spiro atoms. The quantitative estimate of drug-likeness (QED) is 0.380. The van der Waals surface area contributed by atoms with E-state index in [1.165, 1.54) is 5.56 Å². The fourth-order valence-corrected chi connectivity index (χ4v) is 3.86. The maximum Gasteiger partial charge on any atom is 0.193 e. The van der Waals surface area contributed by atoms with Gasteiger partial charge >= 0.3 is 0 Å². The van der Waals surface area contributed by atoms with Gasteiger partial charge in [-0.2, -0.15) is 11.8 Å². The number of nitrogens with one attached hydrogen (secondary N) is 1. The van der Waals surface area contributed by atoms with Crippen LogP contribution in [0.3, 0.4) is 0 Å². The van der Waals surface area contributed by atoms with Crippen LogP contribution in [-0.4, -0.2) is 78.7 Å². The van der Waals surface area contributed by atoms with Crippen molar-refractivity contribution in [1.29, 1.82) is 0 Å². The predicted molar refractivity (Wildman–Crippen MR) is 126 cm³/mol. The Kier molecular flexibility index (Phi) is 8.70. The molecule has 0 radical (unpaired) electrons. The normalized spacial score (nSPS) is 23.7. The number of likely N-dealkylation sites (tertiary alicyclic amines) is 1. The van der Waals surface area contributed by atoms with E-state index in [1.54, 1.807) is 0 Å². The lowest BCUT2D eigenvalue weighted by Gasteiger charge is -2.36. The van der Waals surface area contributed by atoms with Crippen molar-refractivity contribution in [3.05, 3.63) is 35.9 Å². The number of hydrogen-bond donors (Lipinski definition) is 1. The fourth-order valence-electron chi connectivity index (χ4n) is 3.64. The van der Waals surface area contributed by atoms with E-state index in [9.17, 15) is 0 Å². The van der Waals surface area contributed by atoms with Crippen molar-refractivity contribution in [2.75, 3.05) is 46.1 Å². The molecule has 2 aliphatic rings. The summed E-state index contributed by atoms with van der Waals surface area (Å²) < 4.78 is 6.28. The maximum absolute atomic E-state index is 6.09. The van der Waals surface area contributed by atoms with Gasteiger partial charge in [-0.25, -0.2) is 0 Å². The first kappa shape index (κ1) is 22.8. The van der Waals surface area contributed by atoms with Crippen molar-refractivity contribution >= 4 is 41.7 Å². The molecule has 2 fully saturated rings. The van der Waals surface area contributed by atoms with E-state index in [4.69, 9.17) is 4.74 Å². The number of fused-ring (bicyclic) bond motifs is 1. The molecule has 2 atom stereocenters. The zero-order chi connectivity index (χ0) is 18.6. The highest BCUT2D eigenvalue weighted by atomic mass is 127. The molecule has 2 aliphatic heterocycles. The van der Waals surface area contributed by atoms with Crippen LogP contribution >= 0.6 is 35.7 Å². The molecule has 3 rings (SSSR count). The van der Waals surface area contributed by atoms with Gasteiger partial charge in [0.15, 0.2) is 5.96 Å². The van der Waals surface area contributed by atoms with E-state index >= 15 is 0 Å². The second kappa shape index (κ2) is 10.3. The van der Waals surface area contributed by atoms with Gasteiger partial charge in [-0.05, 0) is 25.7 Å². The second-order valence-electron chi connectivity index (χ2n) is 7.70. The molecule has 1 N–H and O–H groups in total. The van der Waals surface area contributed by atoms with Crippen LogP contribution in [0.25, 0.3) is 0 Å². The molecule has 7 heteroatoms. The number of benzene rings is 1. The van der Waals surface area contributed by atoms with Crippen LogP contribution in [-0.2, 0) is 11.3 Å². The third kappa shape index (κ3) is 5.98. The van der Waals surface area contributed by atoms with Crippen molar-refractivity contribution in [2.45, 2.75) is 37.3 Å². The highest BCUT2D eigenvalue weighted by Gasteiger charge is 2.41. The first-order chi connectivity index (χ1) is 12.5. The number of aliphatic imine (C=N–C) groups is 1. The van der Waals surface area contributed by atoms with Crippen LogP contribution in [0.4, 0.5) is 0 Å². The van der Waals surface area contributed by atoms with Crippen LogP contribution in [0.2, 0.25) is 0 Å². The summed E-state index contributed by atoms with van der Waals surface area (Å²) >= 11 is 1.87. The Balaban J connectivity index is 0.00000261. The SMILES string of the molecule is CN=C(NCC(C)(C)SC)N1CC2OCCN(Cc3ccccc3)C2C1.I. The molecule has 27 heavy (non-hydrogen) atoms. The lowest BCUT2D eigenvalue weighted by atomic mass is 10.1. The topological polar surface area (TPSA) is 40.1 Å². The number of rotatable bonds is 5. The Morgan fingerprint density at radius 3 is 2.70 bits per heavy atom. The number of hydrogen-bond acceptors (Lipinski definition) is 4. The van der Waals surface area contributed by atoms with Crippen LogP contribution in [0, 0.1) is 0 Å². The number of halogens is 1. The van der Waals surface area contributed by atoms with Crippen molar-refractivity contribution in [1.82, 2.24) is 15.1 Å². The Labute approximate surface area is 185 Å². The Bertz CT molecular complexity index is 613. The molecule has 2 unspecified atom stereocenters. The predicted octanol–water partition coefficient (Wildman–Crippen LogP) is 2.91. The van der Waals surface area contributed by atoms with Crippen molar-refractivity contribution in [2.24, 2.45) is 4.99 Å². The average molecular weight is 504 g/mol. The highest BCUT2D eigenvalue weighted by Crippen LogP contribution is 2.25. The van der Waals surface area contributed by atoms with Gasteiger partial charge in [0, 0.05) is 44.5 Å². The maximum atomic E-state index is 6.09. The Morgan fingerprint density at radius 1 is 1.30 bits per heavy atom. The fraction of sp³-hybridized carbons (Fsp3) is 0.650. The summed E-state index contributed by atoms with van der Waals surface area (Å²) in [7, 11) is 1.87. The zero-order valence-electron chi connectivity index (χ0n) is 16.9. The smallest absolute Gasteiger partial charge is 0.193 e. The monoisotopic (exact) mass is 504 g/mol. The van der Waals surface area contributed by atoms with E-state index < -0.39 is 0 Å². The molecule has 2 heterocycles. The summed E-state index contributed by atoms with van der Waals surface area (Å²) in [5.74, 6) is 0.991. The lowest BCUT2D eigenvalue weighted by Crippen LogP contribution is -2.50. The van der Waals surface area contributed by atoms with E-state index in [-0.39, 0.29) is 34.8 Å². The minimum Gasteiger partial charge on any atom is -0.373 e. The van der Waals surface area contributed by atoms with Gasteiger partial charge < -0.3 is 15.0 Å². The zero-order valence-corrected chi connectivity index (χ0v) is 20.0. The molecule has 0 amide bonds. The van der Waals surface area contributed by atoms with Gasteiger partial charge in [-0.1, -0.05) is 30.3 Å². The minimum atomic E-state index is 0. The van der Waals surface area contributed by atoms with E-state index in [0.717, 1.165) is 45.3 Å². The van der Waals surface area contributed by atoms with Gasteiger partial charge in [0.1, 0.15) is 0 Å². The van der Waals surface area contributed by atoms with Crippen molar-refractivity contribution < 1.29 is 4.74 Å². The van der Waals surface area contributed by atoms with Crippen molar-refractivity contribution in [3.8, 4) is 0 Å². The molecule has 0 aromatic heterocycles. The number of morpholine rings is 1. The molecule has 0 saturated carbocycles. The molecule has 5 nitrogen and oxygen atoms in total. The summed E-state index contributed by atoms with van der Waals surface area (Å²) in [5, 5.41) is 3.56. The Hall–Kier alpha value is -0.510. The summed E-state index contributed by atoms with van der Waals surface area (Å²) in [4.78, 5) is 9.45. The van der Waals surface area contributed by atoms with Gasteiger partial charge in [-0.3, -0.25) is 9.89 Å². The third-order valence-corrected chi connectivity index (χ3v) is 6.63. The number of nitrogens with zero attached hydrogens (tertiary/aromatic N) is 3. The highest BCUT2D eigenvalue weighted by molar-refractivity contribution is 14.0. The summed E-state index contributed by atoms with van der Waals surface area (Å²) in [5.41, 5.74) is 1.37. The van der Waals surface area contributed by atoms with Crippen LogP contribution in [0.15, 0.2) is 35.3 Å². The molecular formula is C20H33IN4OS. The molecular weight excluding hydrogens is 471 g/mol. The standard InChI is InChI=1S/C20H32N4OS.HI/c1-20(2,26-4)15-22-19(21-3)24-13-17-18(14-24)25-11-10-23(17)12-16-8-6-5-7-9-16;/h5-9,17-18H,10-15H2,1-4H3,(H,21,22);1H. The summed E-state index contributed by atoms with van der Waals surface area (Å²) in [6.45, 7) is 10.1. The van der Waals surface area contributed by atoms with E-state index in [0.29, 0.717) is 6.04 Å². The number of ether oxygens (including phenoxy) is 1. The van der Waals surface area contributed by atoms with Gasteiger partial charge in [0.2, 0.25) is 0 Å². The largest absolute Gasteiger partial charge is 0.373 e. The van der Waals surface area contributed by atoms with E-state index in [1.807, 2.05) is 18.8 Å². The first-order valence-corrected chi connectivity index (χ1v) is 10.7. The molecule has 0 aliphatic carbocycles. The first-order valence-electron chi connectivity index (χ1n) is 9.43. The van der Waals surface area contributed by atoms with E-state index in [2.05, 4.69) is 70.5 Å². The number of guanidine groups is 1. The molecule has 0 bridgehead atoms. The lowest BCUT2D eigenvalue weighted by molar-refractivity contribution is -0.0502. The summed E-state index contributed by atoms with van der Waals surface area (Å²) in [6, 6.07) is 11.2. The number of thioether (sulfide) groups is 1. The molecule has 2 saturated heterocycles. The van der Waals surface area contributed by atoms with Crippen molar-refractivity contribution in [3.63, 3.8) is 0 Å². The Morgan fingerprint density at radius 2 is 2.04 bits per heavy atom. The van der Waals surface area contributed by atoms with Gasteiger partial charge in [0.25, 0.3) is 0 Å². The van der Waals surface area contributed by atoms with Gasteiger partial charge in [-0.15, -0.1) is 24.0 Å². The molecule has 152 valence electrons. The molecule has 1 aromatic carbocycles. The van der Waals surface area contributed by atoms with Crippen LogP contribution in [0.5, 0.6) is 0 Å². The van der Waals surface area contributed by atoms with Gasteiger partial charge in [0.05, 0.1) is 18.8 Å². The third-order valence-electron chi connectivity index (χ3n) is 5.38. The average Bonchev–Trinajstić information content (AvgIpc) is 3.08. The minimum absolute atomic E-state index is 0. The van der Waals surface area contributed by atoms with Crippen LogP contribution < -0.4 is 5.32 Å². The second-order valence-corrected chi connectivity index (χ2v) is 9.22.